The summed E-state index contributed by atoms with van der Waals surface area (Å²) in [5, 5.41) is 7.92. The second-order valence-electron chi connectivity index (χ2n) is 7.46. The number of anilines is 1. The number of nitrogen functional groups attached to an aromatic ring is 1. The second-order valence-corrected chi connectivity index (χ2v) is 10.4. The molecule has 1 aliphatic heterocycles. The zero-order chi connectivity index (χ0) is 22.6. The predicted molar refractivity (Wildman–Crippen MR) is 124 cm³/mol. The van der Waals surface area contributed by atoms with Gasteiger partial charge in [0.15, 0.2) is 11.5 Å². The highest BCUT2D eigenvalue weighted by atomic mass is 32.2. The van der Waals surface area contributed by atoms with Crippen molar-refractivity contribution in [1.82, 2.24) is 25.3 Å². The Morgan fingerprint density at radius 3 is 2.91 bits per heavy atom. The number of aromatic nitrogens is 2. The highest BCUT2D eigenvalue weighted by Gasteiger charge is 2.20. The van der Waals surface area contributed by atoms with Crippen molar-refractivity contribution in [2.75, 3.05) is 18.8 Å². The van der Waals surface area contributed by atoms with Crippen LogP contribution in [0.5, 0.6) is 0 Å². The Kier molecular flexibility index (Phi) is 6.80. The van der Waals surface area contributed by atoms with Gasteiger partial charge >= 0.3 is 0 Å². The van der Waals surface area contributed by atoms with Crippen LogP contribution in [0.15, 0.2) is 52.2 Å². The first-order valence-electron chi connectivity index (χ1n) is 10.2. The maximum Gasteiger partial charge on any atom is 0.274 e. The molecule has 0 radical (unpaired) electrons. The first-order chi connectivity index (χ1) is 15.4. The van der Waals surface area contributed by atoms with Gasteiger partial charge in [-0.05, 0) is 42.5 Å². The third-order valence-corrected chi connectivity index (χ3v) is 7.90. The molecule has 9 nitrogen and oxygen atoms in total. The van der Waals surface area contributed by atoms with Gasteiger partial charge < -0.3 is 16.4 Å². The van der Waals surface area contributed by atoms with E-state index in [1.807, 2.05) is 18.2 Å². The van der Waals surface area contributed by atoms with E-state index < -0.39 is 10.0 Å². The van der Waals surface area contributed by atoms with Gasteiger partial charge in [-0.3, -0.25) is 4.79 Å². The normalized spacial score (nSPS) is 16.6. The van der Waals surface area contributed by atoms with Crippen molar-refractivity contribution in [3.8, 4) is 11.3 Å². The number of carbonyl (C=O) groups is 1. The standard InChI is InChI=1S/C21H24N6O3S2/c22-20-19(21(28)26-16-6-2-8-23-12-16)27-17(13-24-20)15-5-1-4-14(10-15)11-25-32(29,30)18-7-3-9-31-18/h1,3-5,7,9-10,13,16,23,25H,2,6,8,11-12H2,(H2,22,24)(H,26,28)/t16-/m0/s1. The minimum Gasteiger partial charge on any atom is -0.382 e. The Morgan fingerprint density at radius 1 is 1.28 bits per heavy atom. The van der Waals surface area contributed by atoms with Gasteiger partial charge in [-0.25, -0.2) is 23.1 Å². The first kappa shape index (κ1) is 22.3. The lowest BCUT2D eigenvalue weighted by Gasteiger charge is -2.23. The molecule has 2 aromatic heterocycles. The summed E-state index contributed by atoms with van der Waals surface area (Å²) >= 11 is 1.16. The fourth-order valence-electron chi connectivity index (χ4n) is 3.44. The Hall–Kier alpha value is -2.86. The number of rotatable bonds is 7. The van der Waals surface area contributed by atoms with E-state index in [0.717, 1.165) is 36.3 Å². The number of amides is 1. The number of sulfonamides is 1. The third kappa shape index (κ3) is 5.30. The van der Waals surface area contributed by atoms with E-state index >= 15 is 0 Å². The molecule has 1 aromatic carbocycles. The Morgan fingerprint density at radius 2 is 2.16 bits per heavy atom. The fraction of sp³-hybridized carbons (Fsp3) is 0.286. The molecular formula is C21H24N6O3S2. The summed E-state index contributed by atoms with van der Waals surface area (Å²) in [6.45, 7) is 1.78. The zero-order valence-corrected chi connectivity index (χ0v) is 18.9. The molecule has 168 valence electrons. The fourth-order valence-corrected chi connectivity index (χ4v) is 5.50. The van der Waals surface area contributed by atoms with Crippen molar-refractivity contribution in [3.63, 3.8) is 0 Å². The van der Waals surface area contributed by atoms with E-state index in [9.17, 15) is 13.2 Å². The quantitative estimate of drug-likeness (QED) is 0.411. The van der Waals surface area contributed by atoms with Crippen LogP contribution in [0.3, 0.4) is 0 Å². The number of nitrogens with two attached hydrogens (primary N) is 1. The largest absolute Gasteiger partial charge is 0.382 e. The van der Waals surface area contributed by atoms with Crippen molar-refractivity contribution in [2.45, 2.75) is 29.6 Å². The van der Waals surface area contributed by atoms with Crippen LogP contribution in [0.1, 0.15) is 28.9 Å². The van der Waals surface area contributed by atoms with Crippen molar-refractivity contribution >= 4 is 33.1 Å². The molecule has 11 heteroatoms. The number of nitrogens with one attached hydrogen (secondary N) is 3. The van der Waals surface area contributed by atoms with Gasteiger partial charge in [0.2, 0.25) is 10.0 Å². The molecule has 1 saturated heterocycles. The molecule has 0 unspecified atom stereocenters. The highest BCUT2D eigenvalue weighted by molar-refractivity contribution is 7.91. The lowest BCUT2D eigenvalue weighted by atomic mass is 10.1. The molecule has 4 rings (SSSR count). The van der Waals surface area contributed by atoms with E-state index in [4.69, 9.17) is 5.73 Å². The second kappa shape index (κ2) is 9.74. The predicted octanol–water partition coefficient (Wildman–Crippen LogP) is 1.75. The number of carbonyl (C=O) groups excluding carboxylic acids is 1. The van der Waals surface area contributed by atoms with Crippen molar-refractivity contribution < 1.29 is 13.2 Å². The maximum absolute atomic E-state index is 12.7. The SMILES string of the molecule is Nc1ncc(-c2cccc(CNS(=O)(=O)c3cccs3)c2)nc1C(=O)N[C@H]1CCCNC1. The Bertz CT molecular complexity index is 1190. The van der Waals surface area contributed by atoms with Gasteiger partial charge in [0, 0.05) is 24.7 Å². The number of piperidine rings is 1. The molecule has 3 aromatic rings. The highest BCUT2D eigenvalue weighted by Crippen LogP contribution is 2.21. The third-order valence-electron chi connectivity index (χ3n) is 5.10. The summed E-state index contributed by atoms with van der Waals surface area (Å²) in [7, 11) is -3.56. The molecule has 1 amide bonds. The molecule has 1 aliphatic rings. The summed E-state index contributed by atoms with van der Waals surface area (Å²) in [6, 6.07) is 10.5. The topological polar surface area (TPSA) is 139 Å². The van der Waals surface area contributed by atoms with Gasteiger partial charge in [-0.1, -0.05) is 24.3 Å². The first-order valence-corrected chi connectivity index (χ1v) is 12.6. The molecule has 0 spiro atoms. The molecule has 32 heavy (non-hydrogen) atoms. The van der Waals surface area contributed by atoms with Crippen molar-refractivity contribution in [3.05, 3.63) is 59.2 Å². The van der Waals surface area contributed by atoms with Crippen molar-refractivity contribution in [1.29, 1.82) is 0 Å². The molecule has 5 N–H and O–H groups in total. The number of benzene rings is 1. The van der Waals surface area contributed by atoms with Crippen LogP contribution in [0.25, 0.3) is 11.3 Å². The average molecular weight is 473 g/mol. The van der Waals surface area contributed by atoms with E-state index in [2.05, 4.69) is 25.3 Å². The molecule has 1 atom stereocenters. The van der Waals surface area contributed by atoms with Gasteiger partial charge in [-0.2, -0.15) is 0 Å². The van der Waals surface area contributed by atoms with Crippen molar-refractivity contribution in [2.24, 2.45) is 0 Å². The number of hydrogen-bond acceptors (Lipinski definition) is 8. The van der Waals surface area contributed by atoms with E-state index in [-0.39, 0.29) is 34.2 Å². The minimum atomic E-state index is -3.56. The summed E-state index contributed by atoms with van der Waals surface area (Å²) in [5.74, 6) is -0.291. The van der Waals surface area contributed by atoms with E-state index in [1.54, 1.807) is 23.6 Å². The Labute approximate surface area is 190 Å². The lowest BCUT2D eigenvalue weighted by Crippen LogP contribution is -2.46. The van der Waals surface area contributed by atoms with Crippen LogP contribution in [0.2, 0.25) is 0 Å². The molecule has 0 saturated carbocycles. The number of thiophene rings is 1. The van der Waals surface area contributed by atoms with Crippen LogP contribution in [0, 0.1) is 0 Å². The Balaban J connectivity index is 1.50. The summed E-state index contributed by atoms with van der Waals surface area (Å²) in [6.07, 6.45) is 3.40. The molecule has 1 fully saturated rings. The summed E-state index contributed by atoms with van der Waals surface area (Å²) < 4.78 is 27.6. The molecular weight excluding hydrogens is 448 g/mol. The summed E-state index contributed by atoms with van der Waals surface area (Å²) in [5.41, 5.74) is 7.94. The van der Waals surface area contributed by atoms with Crippen LogP contribution < -0.4 is 21.1 Å². The van der Waals surface area contributed by atoms with Gasteiger partial charge in [0.1, 0.15) is 4.21 Å². The summed E-state index contributed by atoms with van der Waals surface area (Å²) in [4.78, 5) is 21.3. The molecule has 0 aliphatic carbocycles. The number of hydrogen-bond donors (Lipinski definition) is 4. The average Bonchev–Trinajstić information content (AvgIpc) is 3.35. The van der Waals surface area contributed by atoms with Gasteiger partial charge in [-0.15, -0.1) is 11.3 Å². The van der Waals surface area contributed by atoms with Gasteiger partial charge in [0.25, 0.3) is 5.91 Å². The van der Waals surface area contributed by atoms with Crippen LogP contribution in [-0.4, -0.2) is 43.4 Å². The zero-order valence-electron chi connectivity index (χ0n) is 17.2. The number of nitrogens with zero attached hydrogens (tertiary/aromatic N) is 2. The maximum atomic E-state index is 12.7. The van der Waals surface area contributed by atoms with Crippen LogP contribution >= 0.6 is 11.3 Å². The monoisotopic (exact) mass is 472 g/mol. The van der Waals surface area contributed by atoms with Crippen LogP contribution in [0.4, 0.5) is 5.82 Å². The molecule has 0 bridgehead atoms. The van der Waals surface area contributed by atoms with Gasteiger partial charge in [0.05, 0.1) is 11.9 Å². The van der Waals surface area contributed by atoms with E-state index in [1.165, 1.54) is 6.20 Å². The minimum absolute atomic E-state index is 0.0285. The van der Waals surface area contributed by atoms with Crippen LogP contribution in [-0.2, 0) is 16.6 Å². The molecule has 3 heterocycles. The van der Waals surface area contributed by atoms with E-state index in [0.29, 0.717) is 17.8 Å². The lowest BCUT2D eigenvalue weighted by molar-refractivity contribution is 0.0926. The smallest absolute Gasteiger partial charge is 0.274 e.